The molecule has 4 heteroatoms. The standard InChI is InChI=1S/C15H16O4/c1-2-3-6-9-18-14(16)12-10-11-7-4-5-8-13(11)19-15(12)17/h4-5,7-8,10H,2-3,6,9H2,1H3. The number of carbonyl (C=O) groups is 1. The Labute approximate surface area is 111 Å². The zero-order valence-corrected chi connectivity index (χ0v) is 10.8. The minimum absolute atomic E-state index is 0.0461. The molecule has 0 saturated heterocycles. The van der Waals surface area contributed by atoms with Gasteiger partial charge in [0.15, 0.2) is 0 Å². The van der Waals surface area contributed by atoms with E-state index in [1.807, 2.05) is 6.07 Å². The topological polar surface area (TPSA) is 56.5 Å². The third kappa shape index (κ3) is 3.22. The average molecular weight is 260 g/mol. The number of unbranched alkanes of at least 4 members (excludes halogenated alkanes) is 2. The number of fused-ring (bicyclic) bond motifs is 1. The van der Waals surface area contributed by atoms with Crippen LogP contribution in [0.4, 0.5) is 0 Å². The van der Waals surface area contributed by atoms with Gasteiger partial charge < -0.3 is 9.15 Å². The quantitative estimate of drug-likeness (QED) is 0.471. The van der Waals surface area contributed by atoms with Gasteiger partial charge in [-0.3, -0.25) is 0 Å². The van der Waals surface area contributed by atoms with Crippen LogP contribution in [-0.2, 0) is 4.74 Å². The molecule has 19 heavy (non-hydrogen) atoms. The fourth-order valence-electron chi connectivity index (χ4n) is 1.80. The molecule has 0 fully saturated rings. The van der Waals surface area contributed by atoms with Crippen LogP contribution < -0.4 is 5.63 Å². The molecule has 2 rings (SSSR count). The number of para-hydroxylation sites is 1. The van der Waals surface area contributed by atoms with Crippen LogP contribution in [0.25, 0.3) is 11.0 Å². The van der Waals surface area contributed by atoms with Crippen molar-refractivity contribution in [3.8, 4) is 0 Å². The van der Waals surface area contributed by atoms with Crippen LogP contribution in [-0.4, -0.2) is 12.6 Å². The predicted octanol–water partition coefficient (Wildman–Crippen LogP) is 3.14. The minimum atomic E-state index is -0.654. The highest BCUT2D eigenvalue weighted by molar-refractivity contribution is 5.92. The molecule has 0 saturated carbocycles. The molecular weight excluding hydrogens is 244 g/mol. The first kappa shape index (κ1) is 13.3. The SMILES string of the molecule is CCCCCOC(=O)c1cc2ccccc2oc1=O. The fourth-order valence-corrected chi connectivity index (χ4v) is 1.80. The Morgan fingerprint density at radius 1 is 1.26 bits per heavy atom. The summed E-state index contributed by atoms with van der Waals surface area (Å²) in [7, 11) is 0. The zero-order valence-electron chi connectivity index (χ0n) is 10.8. The molecule has 0 atom stereocenters. The smallest absolute Gasteiger partial charge is 0.351 e. The Morgan fingerprint density at radius 3 is 2.84 bits per heavy atom. The van der Waals surface area contributed by atoms with Crippen molar-refractivity contribution < 1.29 is 13.9 Å². The van der Waals surface area contributed by atoms with Gasteiger partial charge in [-0.2, -0.15) is 0 Å². The number of hydrogen-bond donors (Lipinski definition) is 0. The summed E-state index contributed by atoms with van der Waals surface area (Å²) in [6.07, 6.45) is 2.86. The van der Waals surface area contributed by atoms with Crippen molar-refractivity contribution in [1.29, 1.82) is 0 Å². The maximum Gasteiger partial charge on any atom is 0.351 e. The zero-order chi connectivity index (χ0) is 13.7. The highest BCUT2D eigenvalue weighted by Crippen LogP contribution is 2.13. The molecule has 0 aliphatic carbocycles. The highest BCUT2D eigenvalue weighted by atomic mass is 16.5. The molecule has 2 aromatic rings. The second kappa shape index (κ2) is 6.18. The van der Waals surface area contributed by atoms with Gasteiger partial charge in [-0.25, -0.2) is 9.59 Å². The van der Waals surface area contributed by atoms with Crippen LogP contribution in [0.5, 0.6) is 0 Å². The maximum atomic E-state index is 11.8. The summed E-state index contributed by atoms with van der Waals surface area (Å²) in [5.41, 5.74) is -0.232. The molecule has 0 N–H and O–H groups in total. The van der Waals surface area contributed by atoms with Gasteiger partial charge in [0.1, 0.15) is 11.1 Å². The maximum absolute atomic E-state index is 11.8. The van der Waals surface area contributed by atoms with E-state index in [4.69, 9.17) is 9.15 Å². The van der Waals surface area contributed by atoms with E-state index in [1.54, 1.807) is 18.2 Å². The Bertz CT molecular complexity index is 627. The van der Waals surface area contributed by atoms with Crippen molar-refractivity contribution in [1.82, 2.24) is 0 Å². The summed E-state index contributed by atoms with van der Waals surface area (Å²) in [6.45, 7) is 2.40. The second-order valence-electron chi connectivity index (χ2n) is 4.33. The summed E-state index contributed by atoms with van der Waals surface area (Å²) in [5, 5.41) is 0.711. The van der Waals surface area contributed by atoms with Crippen molar-refractivity contribution in [2.24, 2.45) is 0 Å². The van der Waals surface area contributed by atoms with Gasteiger partial charge in [-0.05, 0) is 18.6 Å². The lowest BCUT2D eigenvalue weighted by molar-refractivity contribution is 0.0493. The average Bonchev–Trinajstić information content (AvgIpc) is 2.42. The summed E-state index contributed by atoms with van der Waals surface area (Å²) in [6, 6.07) is 8.58. The second-order valence-corrected chi connectivity index (χ2v) is 4.33. The largest absolute Gasteiger partial charge is 0.462 e. The number of carbonyl (C=O) groups excluding carboxylic acids is 1. The van der Waals surface area contributed by atoms with Gasteiger partial charge in [0.05, 0.1) is 6.61 Å². The van der Waals surface area contributed by atoms with Gasteiger partial charge in [-0.1, -0.05) is 38.0 Å². The molecule has 0 aliphatic heterocycles. The minimum Gasteiger partial charge on any atom is -0.462 e. The van der Waals surface area contributed by atoms with E-state index in [-0.39, 0.29) is 5.56 Å². The molecule has 0 amide bonds. The lowest BCUT2D eigenvalue weighted by Crippen LogP contribution is -2.16. The molecule has 1 aromatic carbocycles. The van der Waals surface area contributed by atoms with E-state index in [0.29, 0.717) is 17.6 Å². The van der Waals surface area contributed by atoms with E-state index in [1.165, 1.54) is 6.07 Å². The van der Waals surface area contributed by atoms with Crippen LogP contribution in [0.15, 0.2) is 39.5 Å². The van der Waals surface area contributed by atoms with Crippen molar-refractivity contribution in [2.75, 3.05) is 6.61 Å². The number of rotatable bonds is 5. The van der Waals surface area contributed by atoms with E-state index < -0.39 is 11.6 Å². The molecule has 0 bridgehead atoms. The normalized spacial score (nSPS) is 10.6. The Kier molecular flexibility index (Phi) is 4.34. The molecule has 100 valence electrons. The lowest BCUT2D eigenvalue weighted by Gasteiger charge is -2.04. The fraction of sp³-hybridized carbons (Fsp3) is 0.333. The molecule has 0 radical (unpaired) electrons. The van der Waals surface area contributed by atoms with Crippen LogP contribution in [0.1, 0.15) is 36.5 Å². The number of hydrogen-bond acceptors (Lipinski definition) is 4. The van der Waals surface area contributed by atoms with E-state index in [0.717, 1.165) is 19.3 Å². The molecule has 1 heterocycles. The van der Waals surface area contributed by atoms with Crippen molar-refractivity contribution in [3.63, 3.8) is 0 Å². The molecular formula is C15H16O4. The first-order chi connectivity index (χ1) is 9.22. The predicted molar refractivity (Wildman–Crippen MR) is 72.3 cm³/mol. The summed E-state index contributed by atoms with van der Waals surface area (Å²) in [5.74, 6) is -0.615. The number of benzene rings is 1. The van der Waals surface area contributed by atoms with Gasteiger partial charge >= 0.3 is 11.6 Å². The van der Waals surface area contributed by atoms with E-state index >= 15 is 0 Å². The summed E-state index contributed by atoms with van der Waals surface area (Å²) < 4.78 is 10.1. The van der Waals surface area contributed by atoms with E-state index in [9.17, 15) is 9.59 Å². The Hall–Kier alpha value is -2.10. The Morgan fingerprint density at radius 2 is 2.05 bits per heavy atom. The number of ether oxygens (including phenoxy) is 1. The Balaban J connectivity index is 2.17. The summed E-state index contributed by atoms with van der Waals surface area (Å²) >= 11 is 0. The highest BCUT2D eigenvalue weighted by Gasteiger charge is 2.14. The molecule has 1 aromatic heterocycles. The molecule has 4 nitrogen and oxygen atoms in total. The third-order valence-electron chi connectivity index (χ3n) is 2.84. The third-order valence-corrected chi connectivity index (χ3v) is 2.84. The van der Waals surface area contributed by atoms with Crippen LogP contribution in [0.2, 0.25) is 0 Å². The monoisotopic (exact) mass is 260 g/mol. The van der Waals surface area contributed by atoms with Crippen molar-refractivity contribution in [3.05, 3.63) is 46.3 Å². The van der Waals surface area contributed by atoms with Gasteiger partial charge in [0, 0.05) is 5.39 Å². The van der Waals surface area contributed by atoms with Crippen molar-refractivity contribution >= 4 is 16.9 Å². The molecule has 0 unspecified atom stereocenters. The van der Waals surface area contributed by atoms with Gasteiger partial charge in [0.2, 0.25) is 0 Å². The number of esters is 1. The van der Waals surface area contributed by atoms with Gasteiger partial charge in [-0.15, -0.1) is 0 Å². The van der Waals surface area contributed by atoms with Crippen LogP contribution >= 0.6 is 0 Å². The first-order valence-corrected chi connectivity index (χ1v) is 6.42. The van der Waals surface area contributed by atoms with E-state index in [2.05, 4.69) is 6.92 Å². The summed E-state index contributed by atoms with van der Waals surface area (Å²) in [4.78, 5) is 23.5. The lowest BCUT2D eigenvalue weighted by atomic mass is 10.2. The first-order valence-electron chi connectivity index (χ1n) is 6.42. The van der Waals surface area contributed by atoms with Crippen LogP contribution in [0, 0.1) is 0 Å². The molecule has 0 aliphatic rings. The van der Waals surface area contributed by atoms with Crippen molar-refractivity contribution in [2.45, 2.75) is 26.2 Å². The van der Waals surface area contributed by atoms with Crippen LogP contribution in [0.3, 0.4) is 0 Å². The molecule has 0 spiro atoms. The van der Waals surface area contributed by atoms with Gasteiger partial charge in [0.25, 0.3) is 0 Å².